The molecule has 0 aliphatic carbocycles. The summed E-state index contributed by atoms with van der Waals surface area (Å²) in [4.78, 5) is 28.2. The molecule has 198 valence electrons. The number of methoxy groups -OCH3 is 1. The minimum absolute atomic E-state index is 0.0903. The Bertz CT molecular complexity index is 1180. The Hall–Kier alpha value is -2.49. The average Bonchev–Trinajstić information content (AvgIpc) is 2.76. The number of carbonyl (C=O) groups excluding carboxylic acids is 2. The van der Waals surface area contributed by atoms with Gasteiger partial charge in [0.15, 0.2) is 0 Å². The van der Waals surface area contributed by atoms with E-state index in [4.69, 9.17) is 27.9 Å². The van der Waals surface area contributed by atoms with Crippen molar-refractivity contribution in [3.05, 3.63) is 58.1 Å². The van der Waals surface area contributed by atoms with Crippen molar-refractivity contribution in [3.63, 3.8) is 0 Å². The van der Waals surface area contributed by atoms with Gasteiger partial charge in [0.1, 0.15) is 18.3 Å². The van der Waals surface area contributed by atoms with Crippen LogP contribution in [0.2, 0.25) is 10.0 Å². The molecule has 8 nitrogen and oxygen atoms in total. The van der Waals surface area contributed by atoms with Crippen LogP contribution < -0.4 is 14.4 Å². The van der Waals surface area contributed by atoms with E-state index < -0.39 is 34.1 Å². The number of amides is 2. The Labute approximate surface area is 223 Å². The first-order valence-electron chi connectivity index (χ1n) is 11.3. The molecule has 0 unspecified atom stereocenters. The number of ether oxygens (including phenoxy) is 1. The highest BCUT2D eigenvalue weighted by Gasteiger charge is 2.33. The average molecular weight is 559 g/mol. The third-order valence-corrected chi connectivity index (χ3v) is 6.94. The van der Waals surface area contributed by atoms with Gasteiger partial charge < -0.3 is 15.0 Å². The number of hydrogen-bond acceptors (Lipinski definition) is 5. The second kappa shape index (κ2) is 12.2. The summed E-state index contributed by atoms with van der Waals surface area (Å²) in [6.07, 6.45) is 1.33. The number of carbonyl (C=O) groups is 2. The van der Waals surface area contributed by atoms with Crippen molar-refractivity contribution in [2.24, 2.45) is 0 Å². The normalized spacial score (nSPS) is 12.6. The molecule has 0 spiro atoms. The van der Waals surface area contributed by atoms with Crippen molar-refractivity contribution in [3.8, 4) is 5.75 Å². The van der Waals surface area contributed by atoms with E-state index in [0.717, 1.165) is 16.1 Å². The van der Waals surface area contributed by atoms with Crippen LogP contribution in [0.1, 0.15) is 39.7 Å². The van der Waals surface area contributed by atoms with Crippen LogP contribution in [0.3, 0.4) is 0 Å². The number of nitrogens with one attached hydrogen (secondary N) is 1. The molecule has 0 bridgehead atoms. The fourth-order valence-electron chi connectivity index (χ4n) is 3.58. The summed E-state index contributed by atoms with van der Waals surface area (Å²) in [6.45, 7) is 6.92. The van der Waals surface area contributed by atoms with E-state index in [9.17, 15) is 18.0 Å². The highest BCUT2D eigenvalue weighted by Crippen LogP contribution is 2.30. The van der Waals surface area contributed by atoms with Gasteiger partial charge in [0.05, 0.1) is 24.1 Å². The number of rotatable bonds is 10. The maximum Gasteiger partial charge on any atom is 0.244 e. The zero-order valence-electron chi connectivity index (χ0n) is 21.3. The minimum Gasteiger partial charge on any atom is -0.495 e. The number of benzene rings is 2. The summed E-state index contributed by atoms with van der Waals surface area (Å²) in [5, 5.41) is 3.65. The first-order valence-corrected chi connectivity index (χ1v) is 13.9. The standard InChI is InChI=1S/C25H33Cl2N3O5S/c1-7-21(24(32)28-25(2,3)4)29(15-17-8-10-18(26)11-9-17)23(31)16-30(36(6,33)34)19-12-13-22(35-5)20(27)14-19/h8-14,21H,7,15-16H2,1-6H3,(H,28,32)/t21-/m0/s1. The van der Waals surface area contributed by atoms with E-state index in [-0.39, 0.29) is 23.2 Å². The number of nitrogens with zero attached hydrogens (tertiary/aromatic N) is 2. The van der Waals surface area contributed by atoms with Crippen molar-refractivity contribution in [1.82, 2.24) is 10.2 Å². The van der Waals surface area contributed by atoms with Crippen LogP contribution >= 0.6 is 23.2 Å². The summed E-state index contributed by atoms with van der Waals surface area (Å²) < 4.78 is 31.5. The van der Waals surface area contributed by atoms with Crippen LogP contribution in [-0.4, -0.2) is 56.6 Å². The lowest BCUT2D eigenvalue weighted by Gasteiger charge is -2.34. The summed E-state index contributed by atoms with van der Waals surface area (Å²) in [5.41, 5.74) is 0.432. The summed E-state index contributed by atoms with van der Waals surface area (Å²) in [5.74, 6) is -0.501. The van der Waals surface area contributed by atoms with E-state index >= 15 is 0 Å². The summed E-state index contributed by atoms with van der Waals surface area (Å²) in [7, 11) is -2.43. The van der Waals surface area contributed by atoms with Crippen LogP contribution in [0.25, 0.3) is 0 Å². The lowest BCUT2D eigenvalue weighted by atomic mass is 10.1. The fourth-order valence-corrected chi connectivity index (χ4v) is 4.80. The van der Waals surface area contributed by atoms with Crippen LogP contribution in [0.5, 0.6) is 5.75 Å². The first-order chi connectivity index (χ1) is 16.7. The van der Waals surface area contributed by atoms with Gasteiger partial charge in [-0.15, -0.1) is 0 Å². The lowest BCUT2D eigenvalue weighted by molar-refractivity contribution is -0.141. The molecule has 0 heterocycles. The van der Waals surface area contributed by atoms with Crippen molar-refractivity contribution in [2.75, 3.05) is 24.2 Å². The molecule has 2 aromatic carbocycles. The molecule has 0 aliphatic heterocycles. The molecule has 1 N–H and O–H groups in total. The molecule has 11 heteroatoms. The molecule has 2 rings (SSSR count). The molecule has 0 aromatic heterocycles. The predicted octanol–water partition coefficient (Wildman–Crippen LogP) is 4.49. The first kappa shape index (κ1) is 29.7. The summed E-state index contributed by atoms with van der Waals surface area (Å²) >= 11 is 12.2. The van der Waals surface area contributed by atoms with Gasteiger partial charge in [-0.05, 0) is 63.1 Å². The lowest BCUT2D eigenvalue weighted by Crippen LogP contribution is -2.55. The van der Waals surface area contributed by atoms with Gasteiger partial charge in [0.2, 0.25) is 21.8 Å². The van der Waals surface area contributed by atoms with E-state index in [2.05, 4.69) is 5.32 Å². The quantitative estimate of drug-likeness (QED) is 0.464. The number of anilines is 1. The molecule has 0 fully saturated rings. The number of sulfonamides is 1. The van der Waals surface area contributed by atoms with Gasteiger partial charge in [0, 0.05) is 17.1 Å². The second-order valence-corrected chi connectivity index (χ2v) is 12.2. The Balaban J connectivity index is 2.47. The van der Waals surface area contributed by atoms with E-state index in [1.165, 1.54) is 30.2 Å². The Morgan fingerprint density at radius 2 is 1.69 bits per heavy atom. The largest absolute Gasteiger partial charge is 0.495 e. The topological polar surface area (TPSA) is 96.0 Å². The van der Waals surface area contributed by atoms with Crippen molar-refractivity contribution < 1.29 is 22.7 Å². The molecule has 0 aliphatic rings. The highest BCUT2D eigenvalue weighted by molar-refractivity contribution is 7.92. The maximum atomic E-state index is 13.7. The van der Waals surface area contributed by atoms with Crippen LogP contribution in [0, 0.1) is 0 Å². The Morgan fingerprint density at radius 1 is 1.08 bits per heavy atom. The minimum atomic E-state index is -3.87. The molecular weight excluding hydrogens is 525 g/mol. The second-order valence-electron chi connectivity index (χ2n) is 9.40. The molecule has 1 atom stereocenters. The molecule has 0 saturated heterocycles. The third-order valence-electron chi connectivity index (χ3n) is 5.25. The van der Waals surface area contributed by atoms with E-state index in [1.54, 1.807) is 31.2 Å². The molecule has 36 heavy (non-hydrogen) atoms. The van der Waals surface area contributed by atoms with Crippen molar-refractivity contribution in [1.29, 1.82) is 0 Å². The monoisotopic (exact) mass is 557 g/mol. The van der Waals surface area contributed by atoms with Crippen LogP contribution in [-0.2, 0) is 26.2 Å². The van der Waals surface area contributed by atoms with Gasteiger partial charge in [-0.25, -0.2) is 8.42 Å². The smallest absolute Gasteiger partial charge is 0.244 e. The van der Waals surface area contributed by atoms with Crippen molar-refractivity contribution in [2.45, 2.75) is 52.2 Å². The van der Waals surface area contributed by atoms with E-state index in [1.807, 2.05) is 20.8 Å². The number of halogens is 2. The highest BCUT2D eigenvalue weighted by atomic mass is 35.5. The molecule has 0 radical (unpaired) electrons. The zero-order valence-corrected chi connectivity index (χ0v) is 23.7. The fraction of sp³-hybridized carbons (Fsp3) is 0.440. The maximum absolute atomic E-state index is 13.7. The van der Waals surface area contributed by atoms with Gasteiger partial charge in [-0.2, -0.15) is 0 Å². The molecule has 2 aromatic rings. The van der Waals surface area contributed by atoms with Crippen molar-refractivity contribution >= 4 is 50.7 Å². The SMILES string of the molecule is CC[C@@H](C(=O)NC(C)(C)C)N(Cc1ccc(Cl)cc1)C(=O)CN(c1ccc(OC)c(Cl)c1)S(C)(=O)=O. The van der Waals surface area contributed by atoms with Gasteiger partial charge in [-0.3, -0.25) is 13.9 Å². The molecule has 0 saturated carbocycles. The Kier molecular flexibility index (Phi) is 10.0. The van der Waals surface area contributed by atoms with E-state index in [0.29, 0.717) is 17.2 Å². The summed E-state index contributed by atoms with van der Waals surface area (Å²) in [6, 6.07) is 10.5. The zero-order chi connectivity index (χ0) is 27.3. The third kappa shape index (κ3) is 8.28. The molecule has 2 amide bonds. The number of hydrogen-bond donors (Lipinski definition) is 1. The van der Waals surface area contributed by atoms with Crippen LogP contribution in [0.15, 0.2) is 42.5 Å². The predicted molar refractivity (Wildman–Crippen MR) is 144 cm³/mol. The van der Waals surface area contributed by atoms with Gasteiger partial charge in [-0.1, -0.05) is 42.3 Å². The van der Waals surface area contributed by atoms with Gasteiger partial charge >= 0.3 is 0 Å². The van der Waals surface area contributed by atoms with Crippen LogP contribution in [0.4, 0.5) is 5.69 Å². The molecular formula is C25H33Cl2N3O5S. The van der Waals surface area contributed by atoms with Gasteiger partial charge in [0.25, 0.3) is 0 Å². The Morgan fingerprint density at radius 3 is 2.17 bits per heavy atom.